The molecule has 0 aromatic rings. The van der Waals surface area contributed by atoms with Gasteiger partial charge in [-0.05, 0) is 28.4 Å². The minimum absolute atomic E-state index is 0.0183. The molecule has 0 aromatic carbocycles. The van der Waals surface area contributed by atoms with Crippen molar-refractivity contribution >= 4 is 15.9 Å². The highest BCUT2D eigenvalue weighted by atomic mass is 79.9. The molecule has 0 heterocycles. The van der Waals surface area contributed by atoms with Crippen LogP contribution in [0.25, 0.3) is 0 Å². The molecule has 0 aliphatic rings. The third-order valence-electron chi connectivity index (χ3n) is 1.40. The third kappa shape index (κ3) is 5.69. The summed E-state index contributed by atoms with van der Waals surface area (Å²) < 4.78 is 0.717. The number of aliphatic hydroxyl groups excluding tert-OH is 1. The minimum atomic E-state index is -0.0183. The summed E-state index contributed by atoms with van der Waals surface area (Å²) in [7, 11) is 1.57. The van der Waals surface area contributed by atoms with Gasteiger partial charge in [-0.1, -0.05) is 0 Å². The van der Waals surface area contributed by atoms with Crippen LogP contribution in [0.2, 0.25) is 0 Å². The van der Waals surface area contributed by atoms with Crippen LogP contribution >= 0.6 is 15.9 Å². The first-order valence-corrected chi connectivity index (χ1v) is 4.77. The van der Waals surface area contributed by atoms with E-state index >= 15 is 0 Å². The van der Waals surface area contributed by atoms with Crippen LogP contribution in [0.3, 0.4) is 0 Å². The van der Waals surface area contributed by atoms with Crippen LogP contribution in [0.1, 0.15) is 12.8 Å². The summed E-state index contributed by atoms with van der Waals surface area (Å²) in [5, 5.41) is 10.3. The zero-order valence-electron chi connectivity index (χ0n) is 7.66. The maximum atomic E-state index is 8.63. The summed E-state index contributed by atoms with van der Waals surface area (Å²) in [6.45, 7) is 0.688. The highest BCUT2D eigenvalue weighted by molar-refractivity contribution is 9.11. The van der Waals surface area contributed by atoms with Gasteiger partial charge in [0.05, 0.1) is 13.7 Å². The lowest BCUT2D eigenvalue weighted by Gasteiger charge is -2.20. The summed E-state index contributed by atoms with van der Waals surface area (Å²) in [6.07, 6.45) is 8.31. The maximum Gasteiger partial charge on any atom is 0.105 e. The topological polar surface area (TPSA) is 32.7 Å². The number of rotatable bonds is 6. The highest BCUT2D eigenvalue weighted by Crippen LogP contribution is 2.12. The molecular weight excluding hydrogens is 234 g/mol. The van der Waals surface area contributed by atoms with Crippen LogP contribution in [0, 0.1) is 12.3 Å². The summed E-state index contributed by atoms with van der Waals surface area (Å²) in [5.74, 6) is 2.55. The number of aliphatic hydroxyl groups is 1. The highest BCUT2D eigenvalue weighted by Gasteiger charge is 2.03. The smallest absolute Gasteiger partial charge is 0.105 e. The maximum absolute atomic E-state index is 8.63. The quantitative estimate of drug-likeness (QED) is 0.334. The molecule has 0 amide bonds. The van der Waals surface area contributed by atoms with E-state index < -0.39 is 0 Å². The largest absolute Gasteiger partial charge is 0.392 e. The van der Waals surface area contributed by atoms with E-state index in [4.69, 9.17) is 16.4 Å². The van der Waals surface area contributed by atoms with E-state index in [-0.39, 0.29) is 6.61 Å². The van der Waals surface area contributed by atoms with Gasteiger partial charge in [-0.15, -0.1) is 12.3 Å². The first kappa shape index (κ1) is 12.5. The Hall–Kier alpha value is -0.500. The number of halogens is 1. The van der Waals surface area contributed by atoms with Gasteiger partial charge in [-0.25, -0.2) is 5.06 Å². The molecular formula is C9H14BrNO2. The van der Waals surface area contributed by atoms with E-state index in [0.29, 0.717) is 6.54 Å². The molecule has 0 aliphatic carbocycles. The monoisotopic (exact) mass is 247 g/mol. The molecule has 1 N–H and O–H groups in total. The number of terminal acetylenes is 1. The lowest BCUT2D eigenvalue weighted by atomic mass is 10.3. The van der Waals surface area contributed by atoms with Crippen LogP contribution in [0.4, 0.5) is 0 Å². The summed E-state index contributed by atoms with van der Waals surface area (Å²) in [5.41, 5.74) is 0. The molecule has 0 rings (SSSR count). The van der Waals surface area contributed by atoms with E-state index in [1.807, 2.05) is 0 Å². The predicted octanol–water partition coefficient (Wildman–Crippen LogP) is 1.49. The number of nitrogens with zero attached hydrogens (tertiary/aromatic N) is 1. The van der Waals surface area contributed by atoms with Gasteiger partial charge in [0.15, 0.2) is 0 Å². The molecule has 0 fully saturated rings. The van der Waals surface area contributed by atoms with E-state index in [0.717, 1.165) is 17.4 Å². The first-order valence-electron chi connectivity index (χ1n) is 3.98. The summed E-state index contributed by atoms with van der Waals surface area (Å²) >= 11 is 3.27. The minimum Gasteiger partial charge on any atom is -0.392 e. The molecule has 4 heteroatoms. The van der Waals surface area contributed by atoms with Crippen molar-refractivity contribution in [1.29, 1.82) is 0 Å². The van der Waals surface area contributed by atoms with Crippen molar-refractivity contribution in [3.8, 4) is 12.3 Å². The molecule has 0 atom stereocenters. The van der Waals surface area contributed by atoms with Gasteiger partial charge < -0.3 is 5.11 Å². The van der Waals surface area contributed by atoms with Crippen molar-refractivity contribution < 1.29 is 9.94 Å². The Morgan fingerprint density at radius 3 is 2.92 bits per heavy atom. The van der Waals surface area contributed by atoms with Crippen molar-refractivity contribution in [3.63, 3.8) is 0 Å². The number of hydrogen-bond acceptors (Lipinski definition) is 3. The lowest BCUT2D eigenvalue weighted by molar-refractivity contribution is -0.0913. The Morgan fingerprint density at radius 2 is 2.46 bits per heavy atom. The molecule has 3 nitrogen and oxygen atoms in total. The van der Waals surface area contributed by atoms with Crippen molar-refractivity contribution in [1.82, 2.24) is 5.06 Å². The van der Waals surface area contributed by atoms with Crippen LogP contribution < -0.4 is 0 Å². The van der Waals surface area contributed by atoms with Gasteiger partial charge in [0.1, 0.15) is 4.61 Å². The van der Waals surface area contributed by atoms with Gasteiger partial charge in [0.25, 0.3) is 0 Å². The Balaban J connectivity index is 3.89. The zero-order valence-corrected chi connectivity index (χ0v) is 9.25. The van der Waals surface area contributed by atoms with Gasteiger partial charge in [-0.3, -0.25) is 4.84 Å². The van der Waals surface area contributed by atoms with Crippen molar-refractivity contribution in [2.24, 2.45) is 0 Å². The van der Waals surface area contributed by atoms with E-state index in [1.54, 1.807) is 18.2 Å². The molecule has 0 spiro atoms. The van der Waals surface area contributed by atoms with Crippen molar-refractivity contribution in [2.75, 3.05) is 20.3 Å². The molecule has 0 saturated carbocycles. The van der Waals surface area contributed by atoms with Gasteiger partial charge in [-0.2, -0.15) is 0 Å². The van der Waals surface area contributed by atoms with E-state index in [9.17, 15) is 0 Å². The van der Waals surface area contributed by atoms with Crippen LogP contribution in [-0.4, -0.2) is 30.4 Å². The summed E-state index contributed by atoms with van der Waals surface area (Å²) in [6, 6.07) is 0. The van der Waals surface area contributed by atoms with Crippen molar-refractivity contribution in [3.05, 3.63) is 10.7 Å². The average Bonchev–Trinajstić information content (AvgIpc) is 2.13. The predicted molar refractivity (Wildman–Crippen MR) is 55.9 cm³/mol. The molecule has 13 heavy (non-hydrogen) atoms. The molecule has 0 bridgehead atoms. The fourth-order valence-corrected chi connectivity index (χ4v) is 1.25. The number of unbranched alkanes of at least 4 members (excludes halogenated alkanes) is 1. The fourth-order valence-electron chi connectivity index (χ4n) is 0.787. The lowest BCUT2D eigenvalue weighted by Crippen LogP contribution is -2.20. The molecule has 0 unspecified atom stereocenters. The number of hydrogen-bond donors (Lipinski definition) is 1. The van der Waals surface area contributed by atoms with Gasteiger partial charge >= 0.3 is 0 Å². The second-order valence-electron chi connectivity index (χ2n) is 2.30. The number of hydroxylamine groups is 2. The first-order chi connectivity index (χ1) is 6.26. The Kier molecular flexibility index (Phi) is 7.80. The Bertz CT molecular complexity index is 198. The van der Waals surface area contributed by atoms with Gasteiger partial charge in [0, 0.05) is 13.0 Å². The SMILES string of the molecule is C#CCCCN(OC)/C(Br)=C/CO. The standard InChI is InChI=1S/C9H14BrNO2/c1-3-4-5-7-11(13-2)9(10)6-8-12/h1,6,12H,4-5,7-8H2,2H3/b9-6+. The molecule has 0 aromatic heterocycles. The van der Waals surface area contributed by atoms with Crippen LogP contribution in [0.15, 0.2) is 10.7 Å². The summed E-state index contributed by atoms with van der Waals surface area (Å²) in [4.78, 5) is 5.05. The van der Waals surface area contributed by atoms with Crippen LogP contribution in [0.5, 0.6) is 0 Å². The van der Waals surface area contributed by atoms with E-state index in [2.05, 4.69) is 21.9 Å². The Labute approximate surface area is 87.5 Å². The normalized spacial score (nSPS) is 11.1. The zero-order chi connectivity index (χ0) is 10.1. The van der Waals surface area contributed by atoms with Crippen LogP contribution in [-0.2, 0) is 4.84 Å². The Morgan fingerprint density at radius 1 is 1.77 bits per heavy atom. The third-order valence-corrected chi connectivity index (χ3v) is 2.12. The second-order valence-corrected chi connectivity index (χ2v) is 3.11. The molecule has 74 valence electrons. The second kappa shape index (κ2) is 8.11. The fraction of sp³-hybridized carbons (Fsp3) is 0.556. The molecule has 0 aliphatic heterocycles. The van der Waals surface area contributed by atoms with E-state index in [1.165, 1.54) is 0 Å². The molecule has 0 saturated heterocycles. The average molecular weight is 248 g/mol. The van der Waals surface area contributed by atoms with Gasteiger partial charge in [0.2, 0.25) is 0 Å². The molecule has 0 radical (unpaired) electrons. The van der Waals surface area contributed by atoms with Crippen molar-refractivity contribution in [2.45, 2.75) is 12.8 Å².